The topological polar surface area (TPSA) is 111 Å². The van der Waals surface area contributed by atoms with Crippen LogP contribution in [-0.2, 0) is 0 Å². The Kier molecular flexibility index (Phi) is 6.07. The Balaban J connectivity index is 1.70. The second kappa shape index (κ2) is 8.98. The smallest absolute Gasteiger partial charge is 0.404 e. The molecule has 9 nitrogen and oxygen atoms in total. The minimum absolute atomic E-state index is 0.0662. The second-order valence-corrected chi connectivity index (χ2v) is 7.35. The van der Waals surface area contributed by atoms with Gasteiger partial charge >= 0.3 is 6.18 Å². The van der Waals surface area contributed by atoms with Gasteiger partial charge in [0, 0.05) is 23.7 Å². The zero-order valence-electron chi connectivity index (χ0n) is 17.6. The van der Waals surface area contributed by atoms with E-state index in [0.717, 1.165) is 6.20 Å². The first kappa shape index (κ1) is 23.0. The molecular weight excluding hydrogens is 471 g/mol. The number of fused-ring (bicyclic) bond motifs is 1. The largest absolute Gasteiger partial charge is 0.434 e. The molecular formula is C21H17ClF3N9. The first-order valence-electron chi connectivity index (χ1n) is 9.69. The van der Waals surface area contributed by atoms with Gasteiger partial charge in [0.05, 0.1) is 46.2 Å². The van der Waals surface area contributed by atoms with Gasteiger partial charge in [0.1, 0.15) is 0 Å². The molecule has 0 aliphatic heterocycles. The van der Waals surface area contributed by atoms with Crippen molar-refractivity contribution in [1.29, 1.82) is 0 Å². The highest BCUT2D eigenvalue weighted by Crippen LogP contribution is 2.32. The molecule has 174 valence electrons. The molecule has 0 saturated carbocycles. The highest BCUT2D eigenvalue weighted by Gasteiger charge is 2.39. The van der Waals surface area contributed by atoms with E-state index in [0.29, 0.717) is 16.9 Å². The van der Waals surface area contributed by atoms with Crippen molar-refractivity contribution in [2.45, 2.75) is 13.1 Å². The summed E-state index contributed by atoms with van der Waals surface area (Å²) in [4.78, 5) is 9.43. The molecule has 0 amide bonds. The summed E-state index contributed by atoms with van der Waals surface area (Å²) < 4.78 is 43.6. The Morgan fingerprint density at radius 3 is 2.62 bits per heavy atom. The Morgan fingerprint density at radius 1 is 1.21 bits per heavy atom. The average molecular weight is 488 g/mol. The van der Waals surface area contributed by atoms with Crippen LogP contribution in [0.15, 0.2) is 78.1 Å². The van der Waals surface area contributed by atoms with E-state index in [2.05, 4.69) is 37.2 Å². The molecule has 13 heteroatoms. The van der Waals surface area contributed by atoms with E-state index in [1.54, 1.807) is 25.3 Å². The monoisotopic (exact) mass is 487 g/mol. The standard InChI is InChI=1S/C21H17ClF3N9/c1-12(30-17-10-15(22)20(31-13(17)2)34-28-7-8-29-34)14(11-26)19(21(23,24)25)32-16-4-3-9-33-18(16)5-6-27-33/h3-11,30H,1,26H2,2H3. The predicted octanol–water partition coefficient (Wildman–Crippen LogP) is 4.38. The fraction of sp³-hybridized carbons (Fsp3) is 0.0952. The third kappa shape index (κ3) is 4.48. The minimum Gasteiger partial charge on any atom is -0.404 e. The van der Waals surface area contributed by atoms with Gasteiger partial charge in [-0.05, 0) is 31.2 Å². The lowest BCUT2D eigenvalue weighted by Crippen LogP contribution is -2.28. The number of aromatic nitrogens is 6. The Morgan fingerprint density at radius 2 is 1.94 bits per heavy atom. The molecule has 0 fully saturated rings. The minimum atomic E-state index is -4.83. The highest BCUT2D eigenvalue weighted by molar-refractivity contribution is 6.32. The normalized spacial score (nSPS) is 12.9. The van der Waals surface area contributed by atoms with Gasteiger partial charge in [-0.3, -0.25) is 0 Å². The zero-order chi connectivity index (χ0) is 24.5. The van der Waals surface area contributed by atoms with Crippen LogP contribution in [0.5, 0.6) is 0 Å². The van der Waals surface area contributed by atoms with Crippen molar-refractivity contribution in [3.8, 4) is 5.82 Å². The molecule has 0 bridgehead atoms. The number of hydrogen-bond donors (Lipinski definition) is 2. The molecule has 3 N–H and O–H groups in total. The van der Waals surface area contributed by atoms with Crippen LogP contribution in [0.2, 0.25) is 5.02 Å². The van der Waals surface area contributed by atoms with Gasteiger partial charge < -0.3 is 11.1 Å². The molecule has 0 spiro atoms. The van der Waals surface area contributed by atoms with Gasteiger partial charge in [-0.2, -0.15) is 28.5 Å². The predicted molar refractivity (Wildman–Crippen MR) is 122 cm³/mol. The van der Waals surface area contributed by atoms with Crippen molar-refractivity contribution in [2.75, 3.05) is 5.32 Å². The molecule has 0 saturated heterocycles. The summed E-state index contributed by atoms with van der Waals surface area (Å²) in [5.74, 6) is 0.265. The molecule has 34 heavy (non-hydrogen) atoms. The van der Waals surface area contributed by atoms with Crippen LogP contribution < -0.4 is 11.1 Å². The summed E-state index contributed by atoms with van der Waals surface area (Å²) in [6.07, 6.45) is 1.95. The number of halogens is 4. The van der Waals surface area contributed by atoms with Gasteiger partial charge in [0.2, 0.25) is 0 Å². The summed E-state index contributed by atoms with van der Waals surface area (Å²) in [5.41, 5.74) is 5.00. The number of nitrogens with one attached hydrogen (secondary N) is 1. The summed E-state index contributed by atoms with van der Waals surface area (Å²) in [6.45, 7) is 5.38. The van der Waals surface area contributed by atoms with Gasteiger partial charge in [-0.25, -0.2) is 14.5 Å². The third-order valence-electron chi connectivity index (χ3n) is 4.70. The summed E-state index contributed by atoms with van der Waals surface area (Å²) in [5, 5.41) is 14.9. The van der Waals surface area contributed by atoms with E-state index >= 15 is 0 Å². The Labute approximate surface area is 196 Å². The maximum atomic E-state index is 14.1. The highest BCUT2D eigenvalue weighted by atomic mass is 35.5. The molecule has 0 aliphatic carbocycles. The van der Waals surface area contributed by atoms with E-state index in [9.17, 15) is 13.2 Å². The second-order valence-electron chi connectivity index (χ2n) is 6.94. The lowest BCUT2D eigenvalue weighted by molar-refractivity contribution is -0.0580. The van der Waals surface area contributed by atoms with Crippen LogP contribution in [0.4, 0.5) is 24.5 Å². The first-order valence-corrected chi connectivity index (χ1v) is 10.1. The molecule has 4 rings (SSSR count). The van der Waals surface area contributed by atoms with Crippen molar-refractivity contribution in [3.63, 3.8) is 0 Å². The zero-order valence-corrected chi connectivity index (χ0v) is 18.4. The number of rotatable bonds is 6. The van der Waals surface area contributed by atoms with E-state index in [1.807, 2.05) is 0 Å². The number of pyridine rings is 2. The van der Waals surface area contributed by atoms with Crippen molar-refractivity contribution >= 4 is 34.2 Å². The fourth-order valence-corrected chi connectivity index (χ4v) is 3.37. The Hall–Kier alpha value is -4.19. The number of alkyl halides is 3. The van der Waals surface area contributed by atoms with Crippen LogP contribution in [0.1, 0.15) is 5.69 Å². The number of hydrogen-bond acceptors (Lipinski definition) is 7. The molecule has 0 radical (unpaired) electrons. The quantitative estimate of drug-likeness (QED) is 0.308. The van der Waals surface area contributed by atoms with Crippen LogP contribution in [0.3, 0.4) is 0 Å². The molecule has 0 unspecified atom stereocenters. The number of aryl methyl sites for hydroxylation is 1. The molecule has 0 aromatic carbocycles. The first-order chi connectivity index (χ1) is 16.2. The number of nitrogens with two attached hydrogens (primary N) is 1. The summed E-state index contributed by atoms with van der Waals surface area (Å²) in [7, 11) is 0. The van der Waals surface area contributed by atoms with Crippen LogP contribution in [-0.4, -0.2) is 41.5 Å². The Bertz CT molecular complexity index is 1420. The fourth-order valence-electron chi connectivity index (χ4n) is 3.14. The van der Waals surface area contributed by atoms with E-state index in [4.69, 9.17) is 17.3 Å². The summed E-state index contributed by atoms with van der Waals surface area (Å²) in [6, 6.07) is 6.03. The van der Waals surface area contributed by atoms with Gasteiger partial charge in [0.15, 0.2) is 11.5 Å². The SMILES string of the molecule is C=C(Nc1cc(Cl)c(-n2nccn2)nc1C)C(=CN)C(=Nc1cccn2nccc12)C(F)(F)F. The van der Waals surface area contributed by atoms with E-state index in [1.165, 1.54) is 40.0 Å². The van der Waals surface area contributed by atoms with Gasteiger partial charge in [-0.15, -0.1) is 4.80 Å². The third-order valence-corrected chi connectivity index (χ3v) is 4.98. The van der Waals surface area contributed by atoms with Crippen LogP contribution >= 0.6 is 11.6 Å². The maximum absolute atomic E-state index is 14.1. The van der Waals surface area contributed by atoms with Crippen LogP contribution in [0, 0.1) is 6.92 Å². The van der Waals surface area contributed by atoms with Crippen LogP contribution in [0.25, 0.3) is 11.3 Å². The molecule has 0 aliphatic rings. The maximum Gasteiger partial charge on any atom is 0.434 e. The van der Waals surface area contributed by atoms with Crippen molar-refractivity contribution in [3.05, 3.63) is 83.8 Å². The number of nitrogens with zero attached hydrogens (tertiary/aromatic N) is 7. The van der Waals surface area contributed by atoms with E-state index in [-0.39, 0.29) is 22.2 Å². The molecule has 4 aromatic heterocycles. The lowest BCUT2D eigenvalue weighted by atomic mass is 10.1. The summed E-state index contributed by atoms with van der Waals surface area (Å²) >= 11 is 6.29. The molecule has 0 atom stereocenters. The van der Waals surface area contributed by atoms with Gasteiger partial charge in [0.25, 0.3) is 0 Å². The van der Waals surface area contributed by atoms with Crippen molar-refractivity contribution < 1.29 is 13.2 Å². The van der Waals surface area contributed by atoms with Gasteiger partial charge in [-0.1, -0.05) is 18.2 Å². The van der Waals surface area contributed by atoms with E-state index < -0.39 is 17.5 Å². The average Bonchev–Trinajstić information content (AvgIpc) is 3.47. The number of anilines is 1. The number of allylic oxidation sites excluding steroid dienone is 1. The number of aliphatic imine (C=N–C) groups is 1. The van der Waals surface area contributed by atoms with Crippen molar-refractivity contribution in [1.82, 2.24) is 29.6 Å². The van der Waals surface area contributed by atoms with Crippen molar-refractivity contribution in [2.24, 2.45) is 10.7 Å². The molecule has 4 aromatic rings. The molecule has 4 heterocycles. The lowest BCUT2D eigenvalue weighted by Gasteiger charge is -2.19.